The summed E-state index contributed by atoms with van der Waals surface area (Å²) in [6, 6.07) is 10.8. The van der Waals surface area contributed by atoms with Crippen molar-refractivity contribution >= 4 is 23.5 Å². The largest absolute Gasteiger partial charge is 0.463 e. The molecule has 0 saturated heterocycles. The van der Waals surface area contributed by atoms with Crippen LogP contribution in [0.4, 0.5) is 11.5 Å². The number of aromatic nitrogens is 4. The zero-order valence-electron chi connectivity index (χ0n) is 17.6. The summed E-state index contributed by atoms with van der Waals surface area (Å²) in [6.07, 6.45) is 4.29. The third-order valence-corrected chi connectivity index (χ3v) is 4.85. The number of nitrogens with one attached hydrogen (secondary N) is 2. The van der Waals surface area contributed by atoms with Crippen molar-refractivity contribution in [2.75, 3.05) is 5.32 Å². The lowest BCUT2D eigenvalue weighted by atomic mass is 10.2. The number of aromatic amines is 1. The fourth-order valence-electron chi connectivity index (χ4n) is 2.95. The summed E-state index contributed by atoms with van der Waals surface area (Å²) in [4.78, 5) is 42.1. The molecule has 11 nitrogen and oxygen atoms in total. The summed E-state index contributed by atoms with van der Waals surface area (Å²) in [7, 11) is 0. The average Bonchev–Trinajstić information content (AvgIpc) is 3.46. The quantitative estimate of drug-likeness (QED) is 0.262. The van der Waals surface area contributed by atoms with E-state index >= 15 is 0 Å². The van der Waals surface area contributed by atoms with E-state index in [2.05, 4.69) is 20.4 Å². The first-order valence-corrected chi connectivity index (χ1v) is 9.77. The first-order valence-electron chi connectivity index (χ1n) is 9.77. The van der Waals surface area contributed by atoms with Crippen LogP contribution in [0, 0.1) is 24.0 Å². The monoisotopic (exact) mass is 446 g/mol. The maximum Gasteiger partial charge on any atom is 0.269 e. The second-order valence-electron chi connectivity index (χ2n) is 7.08. The van der Waals surface area contributed by atoms with E-state index in [0.717, 1.165) is 0 Å². The number of rotatable bonds is 6. The molecule has 0 fully saturated rings. The molecule has 4 aromatic rings. The maximum atomic E-state index is 12.6. The van der Waals surface area contributed by atoms with Gasteiger partial charge in [-0.2, -0.15) is 9.78 Å². The number of benzene rings is 1. The van der Waals surface area contributed by atoms with Gasteiger partial charge in [-0.05, 0) is 49.8 Å². The van der Waals surface area contributed by atoms with Gasteiger partial charge in [0.2, 0.25) is 11.9 Å². The van der Waals surface area contributed by atoms with Gasteiger partial charge >= 0.3 is 0 Å². The molecule has 11 heteroatoms. The summed E-state index contributed by atoms with van der Waals surface area (Å²) in [6.45, 7) is 3.37. The predicted molar refractivity (Wildman–Crippen MR) is 120 cm³/mol. The second kappa shape index (κ2) is 8.75. The van der Waals surface area contributed by atoms with Crippen molar-refractivity contribution in [1.82, 2.24) is 19.7 Å². The van der Waals surface area contributed by atoms with Crippen LogP contribution in [-0.4, -0.2) is 30.6 Å². The Morgan fingerprint density at radius 2 is 2.00 bits per heavy atom. The maximum absolute atomic E-state index is 12.6. The number of carbonyl (C=O) groups is 1. The summed E-state index contributed by atoms with van der Waals surface area (Å²) in [5.41, 5.74) is 1.69. The fourth-order valence-corrected chi connectivity index (χ4v) is 2.95. The van der Waals surface area contributed by atoms with E-state index in [0.29, 0.717) is 28.3 Å². The van der Waals surface area contributed by atoms with Gasteiger partial charge < -0.3 is 9.73 Å². The minimum absolute atomic E-state index is 0.0409. The van der Waals surface area contributed by atoms with Crippen molar-refractivity contribution in [3.8, 4) is 17.4 Å². The van der Waals surface area contributed by atoms with Crippen LogP contribution in [0.25, 0.3) is 23.5 Å². The number of H-pyrrole nitrogens is 1. The standard InChI is InChI=1S/C22H18N6O5/c1-13-14(2)23-22(25-21(13)30)27-19(12-17(26-27)18-4-3-11-33-18)24-20(29)10-7-15-5-8-16(9-6-15)28(31)32/h3-12H,1-2H3,(H,24,29)(H,23,25,30)/b10-7-. The highest BCUT2D eigenvalue weighted by Gasteiger charge is 2.17. The Kier molecular flexibility index (Phi) is 5.68. The molecule has 0 aliphatic carbocycles. The van der Waals surface area contributed by atoms with Crippen molar-refractivity contribution in [3.05, 3.63) is 92.1 Å². The SMILES string of the molecule is Cc1nc(-n2nc(-c3ccco3)cc2NC(=O)/C=C\c2ccc([N+](=O)[O-])cc2)[nH]c(=O)c1C. The molecule has 1 aromatic carbocycles. The van der Waals surface area contributed by atoms with Gasteiger partial charge in [0, 0.05) is 35.5 Å². The molecular weight excluding hydrogens is 428 g/mol. The van der Waals surface area contributed by atoms with Crippen molar-refractivity contribution in [3.63, 3.8) is 0 Å². The Bertz CT molecular complexity index is 1410. The van der Waals surface area contributed by atoms with Crippen LogP contribution in [0.2, 0.25) is 0 Å². The topological polar surface area (TPSA) is 149 Å². The Morgan fingerprint density at radius 3 is 2.64 bits per heavy atom. The lowest BCUT2D eigenvalue weighted by Crippen LogP contribution is -2.20. The lowest BCUT2D eigenvalue weighted by molar-refractivity contribution is -0.384. The molecule has 0 spiro atoms. The van der Waals surface area contributed by atoms with E-state index in [-0.39, 0.29) is 23.0 Å². The van der Waals surface area contributed by atoms with Crippen LogP contribution in [0.5, 0.6) is 0 Å². The normalized spacial score (nSPS) is 11.1. The van der Waals surface area contributed by atoms with E-state index in [9.17, 15) is 19.7 Å². The highest BCUT2D eigenvalue weighted by Crippen LogP contribution is 2.24. The van der Waals surface area contributed by atoms with Gasteiger partial charge in [0.1, 0.15) is 11.5 Å². The molecule has 3 aromatic heterocycles. The van der Waals surface area contributed by atoms with Gasteiger partial charge in [-0.1, -0.05) is 0 Å². The van der Waals surface area contributed by atoms with E-state index in [1.165, 1.54) is 47.4 Å². The van der Waals surface area contributed by atoms with Gasteiger partial charge in [0.15, 0.2) is 5.76 Å². The Labute approximate surface area is 186 Å². The summed E-state index contributed by atoms with van der Waals surface area (Å²) >= 11 is 0. The number of non-ortho nitro benzene ring substituents is 1. The van der Waals surface area contributed by atoms with E-state index in [1.807, 2.05) is 0 Å². The average molecular weight is 446 g/mol. The lowest BCUT2D eigenvalue weighted by Gasteiger charge is -2.08. The third kappa shape index (κ3) is 4.61. The number of furan rings is 1. The third-order valence-electron chi connectivity index (χ3n) is 4.85. The number of carbonyl (C=O) groups excluding carboxylic acids is 1. The van der Waals surface area contributed by atoms with Crippen LogP contribution < -0.4 is 10.9 Å². The number of anilines is 1. The van der Waals surface area contributed by atoms with Gasteiger partial charge in [0.05, 0.1) is 11.2 Å². The smallest absolute Gasteiger partial charge is 0.269 e. The Morgan fingerprint density at radius 1 is 1.24 bits per heavy atom. The van der Waals surface area contributed by atoms with Crippen LogP contribution in [0.3, 0.4) is 0 Å². The van der Waals surface area contributed by atoms with Crippen LogP contribution in [0.1, 0.15) is 16.8 Å². The van der Waals surface area contributed by atoms with Gasteiger partial charge in [-0.25, -0.2) is 4.98 Å². The molecule has 0 radical (unpaired) electrons. The zero-order valence-corrected chi connectivity index (χ0v) is 17.6. The predicted octanol–water partition coefficient (Wildman–Crippen LogP) is 3.39. The van der Waals surface area contributed by atoms with Crippen molar-refractivity contribution in [2.24, 2.45) is 0 Å². The van der Waals surface area contributed by atoms with Gasteiger partial charge in [-0.3, -0.25) is 24.7 Å². The van der Waals surface area contributed by atoms with Gasteiger partial charge in [-0.15, -0.1) is 0 Å². The Balaban J connectivity index is 1.64. The number of amides is 1. The number of nitro benzene ring substituents is 1. The number of nitrogens with zero attached hydrogens (tertiary/aromatic N) is 4. The number of nitro groups is 1. The summed E-state index contributed by atoms with van der Waals surface area (Å²) in [5, 5.41) is 17.9. The minimum atomic E-state index is -0.497. The molecule has 0 bridgehead atoms. The molecule has 3 heterocycles. The summed E-state index contributed by atoms with van der Waals surface area (Å²) in [5.74, 6) is 0.380. The molecule has 0 atom stereocenters. The number of hydrogen-bond donors (Lipinski definition) is 2. The molecule has 0 aliphatic rings. The molecule has 2 N–H and O–H groups in total. The molecule has 33 heavy (non-hydrogen) atoms. The fraction of sp³-hybridized carbons (Fsp3) is 0.0909. The first-order chi connectivity index (χ1) is 15.8. The van der Waals surface area contributed by atoms with E-state index in [4.69, 9.17) is 4.42 Å². The highest BCUT2D eigenvalue weighted by atomic mass is 16.6. The molecule has 4 rings (SSSR count). The van der Waals surface area contributed by atoms with Crippen LogP contribution in [-0.2, 0) is 4.79 Å². The van der Waals surface area contributed by atoms with Crippen LogP contribution in [0.15, 0.2) is 64.0 Å². The zero-order chi connectivity index (χ0) is 23.5. The molecule has 0 saturated carbocycles. The summed E-state index contributed by atoms with van der Waals surface area (Å²) < 4.78 is 6.69. The number of hydrogen-bond acceptors (Lipinski definition) is 7. The molecule has 166 valence electrons. The van der Waals surface area contributed by atoms with Crippen molar-refractivity contribution in [2.45, 2.75) is 13.8 Å². The van der Waals surface area contributed by atoms with Crippen LogP contribution >= 0.6 is 0 Å². The first kappa shape index (κ1) is 21.4. The molecule has 0 unspecified atom stereocenters. The Hall–Kier alpha value is -4.80. The van der Waals surface area contributed by atoms with E-state index < -0.39 is 10.8 Å². The molecular formula is C22H18N6O5. The number of aryl methyl sites for hydroxylation is 1. The second-order valence-corrected chi connectivity index (χ2v) is 7.08. The molecule has 1 amide bonds. The minimum Gasteiger partial charge on any atom is -0.463 e. The van der Waals surface area contributed by atoms with E-state index in [1.54, 1.807) is 32.0 Å². The molecule has 0 aliphatic heterocycles. The van der Waals surface area contributed by atoms with Gasteiger partial charge in [0.25, 0.3) is 11.2 Å². The van der Waals surface area contributed by atoms with Crippen molar-refractivity contribution < 1.29 is 14.1 Å². The van der Waals surface area contributed by atoms with Crippen molar-refractivity contribution in [1.29, 1.82) is 0 Å². The highest BCUT2D eigenvalue weighted by molar-refractivity contribution is 6.01.